The highest BCUT2D eigenvalue weighted by molar-refractivity contribution is 5.75. The number of hydrogen-bond donors (Lipinski definition) is 2. The molecule has 2 N–H and O–H groups in total. The predicted molar refractivity (Wildman–Crippen MR) is 75.1 cm³/mol. The van der Waals surface area contributed by atoms with Gasteiger partial charge in [-0.3, -0.25) is 0 Å². The molecular formula is C14H20N2O3. The number of hydrogen-bond acceptors (Lipinski definition) is 3. The largest absolute Gasteiger partial charge is 0.497 e. The van der Waals surface area contributed by atoms with E-state index in [1.54, 1.807) is 26.5 Å². The Morgan fingerprint density at radius 2 is 2.21 bits per heavy atom. The van der Waals surface area contributed by atoms with Gasteiger partial charge in [0.1, 0.15) is 5.75 Å². The molecule has 0 heterocycles. The van der Waals surface area contributed by atoms with Gasteiger partial charge in [-0.2, -0.15) is 0 Å². The van der Waals surface area contributed by atoms with Crippen LogP contribution in [0.4, 0.5) is 4.79 Å². The molecule has 0 saturated heterocycles. The van der Waals surface area contributed by atoms with Crippen LogP contribution in [-0.2, 0) is 4.74 Å². The van der Waals surface area contributed by atoms with Crippen molar-refractivity contribution < 1.29 is 14.3 Å². The summed E-state index contributed by atoms with van der Waals surface area (Å²) in [6, 6.07) is 7.35. The molecule has 0 atom stereocenters. The lowest BCUT2D eigenvalue weighted by atomic mass is 10.2. The summed E-state index contributed by atoms with van der Waals surface area (Å²) in [6.07, 6.45) is 4.20. The van der Waals surface area contributed by atoms with Gasteiger partial charge in [-0.25, -0.2) is 4.79 Å². The molecule has 0 radical (unpaired) electrons. The number of methoxy groups -OCH3 is 2. The molecule has 5 heteroatoms. The molecule has 0 aliphatic rings. The Hall–Kier alpha value is -2.01. The second-order valence-corrected chi connectivity index (χ2v) is 3.86. The first kappa shape index (κ1) is 15.0. The van der Waals surface area contributed by atoms with Crippen molar-refractivity contribution in [2.24, 2.45) is 0 Å². The van der Waals surface area contributed by atoms with Gasteiger partial charge >= 0.3 is 6.03 Å². The van der Waals surface area contributed by atoms with E-state index < -0.39 is 0 Å². The summed E-state index contributed by atoms with van der Waals surface area (Å²) in [7, 11) is 3.26. The number of nitrogens with one attached hydrogen (secondary N) is 2. The van der Waals surface area contributed by atoms with E-state index >= 15 is 0 Å². The zero-order chi connectivity index (χ0) is 13.9. The van der Waals surface area contributed by atoms with Crippen molar-refractivity contribution in [3.05, 3.63) is 36.0 Å². The molecule has 0 spiro atoms. The Kier molecular flexibility index (Phi) is 7.12. The van der Waals surface area contributed by atoms with Gasteiger partial charge in [0.15, 0.2) is 0 Å². The molecular weight excluding hydrogens is 244 g/mol. The van der Waals surface area contributed by atoms with Crippen LogP contribution in [0.1, 0.15) is 12.0 Å². The van der Waals surface area contributed by atoms with Gasteiger partial charge in [0.2, 0.25) is 0 Å². The van der Waals surface area contributed by atoms with E-state index in [4.69, 9.17) is 9.47 Å². The summed E-state index contributed by atoms with van der Waals surface area (Å²) in [6.45, 7) is 1.23. The standard InChI is InChI=1S/C14H20N2O3/c1-18-10-4-8-15-14(17)16-9-7-12-5-3-6-13(11-12)19-2/h3,5-7,9,11H,4,8,10H2,1-2H3,(H2,15,16,17)/b9-7+. The van der Waals surface area contributed by atoms with Crippen molar-refractivity contribution in [1.82, 2.24) is 10.6 Å². The maximum absolute atomic E-state index is 11.4. The van der Waals surface area contributed by atoms with Gasteiger partial charge in [0, 0.05) is 26.5 Å². The second-order valence-electron chi connectivity index (χ2n) is 3.86. The highest BCUT2D eigenvalue weighted by atomic mass is 16.5. The lowest BCUT2D eigenvalue weighted by Gasteiger charge is -2.04. The fourth-order valence-corrected chi connectivity index (χ4v) is 1.43. The predicted octanol–water partition coefficient (Wildman–Crippen LogP) is 2.00. The average molecular weight is 264 g/mol. The lowest BCUT2D eigenvalue weighted by Crippen LogP contribution is -2.33. The van der Waals surface area contributed by atoms with E-state index in [9.17, 15) is 4.79 Å². The Bertz CT molecular complexity index is 419. The first-order valence-corrected chi connectivity index (χ1v) is 6.10. The number of amides is 2. The molecule has 0 saturated carbocycles. The van der Waals surface area contributed by atoms with E-state index in [0.717, 1.165) is 17.7 Å². The smallest absolute Gasteiger partial charge is 0.318 e. The molecule has 19 heavy (non-hydrogen) atoms. The van der Waals surface area contributed by atoms with E-state index in [-0.39, 0.29) is 6.03 Å². The van der Waals surface area contributed by atoms with Gasteiger partial charge in [0.25, 0.3) is 0 Å². The summed E-state index contributed by atoms with van der Waals surface area (Å²) >= 11 is 0. The first-order chi connectivity index (χ1) is 9.26. The number of benzene rings is 1. The fourth-order valence-electron chi connectivity index (χ4n) is 1.43. The van der Waals surface area contributed by atoms with Crippen molar-refractivity contribution in [3.8, 4) is 5.75 Å². The molecule has 0 aliphatic heterocycles. The SMILES string of the molecule is COCCCNC(=O)N/C=C/c1cccc(OC)c1. The minimum Gasteiger partial charge on any atom is -0.497 e. The van der Waals surface area contributed by atoms with Crippen LogP contribution in [0, 0.1) is 0 Å². The molecule has 0 aromatic heterocycles. The molecule has 1 aromatic rings. The molecule has 0 bridgehead atoms. The van der Waals surface area contributed by atoms with Crippen LogP contribution < -0.4 is 15.4 Å². The summed E-state index contributed by atoms with van der Waals surface area (Å²) in [4.78, 5) is 11.4. The molecule has 2 amide bonds. The number of ether oxygens (including phenoxy) is 2. The minimum absolute atomic E-state index is 0.227. The third-order valence-electron chi connectivity index (χ3n) is 2.39. The van der Waals surface area contributed by atoms with Crippen LogP contribution in [0.3, 0.4) is 0 Å². The Labute approximate surface area is 113 Å². The summed E-state index contributed by atoms with van der Waals surface area (Å²) < 4.78 is 10.00. The molecule has 1 rings (SSSR count). The highest BCUT2D eigenvalue weighted by Crippen LogP contribution is 2.13. The molecule has 1 aromatic carbocycles. The number of carbonyl (C=O) groups is 1. The molecule has 0 fully saturated rings. The van der Waals surface area contributed by atoms with Crippen LogP contribution in [0.5, 0.6) is 5.75 Å². The van der Waals surface area contributed by atoms with Crippen molar-refractivity contribution >= 4 is 12.1 Å². The van der Waals surface area contributed by atoms with Gasteiger partial charge < -0.3 is 20.1 Å². The van der Waals surface area contributed by atoms with Crippen molar-refractivity contribution in [2.45, 2.75) is 6.42 Å². The van der Waals surface area contributed by atoms with Gasteiger partial charge in [0.05, 0.1) is 7.11 Å². The number of rotatable bonds is 7. The maximum Gasteiger partial charge on any atom is 0.318 e. The van der Waals surface area contributed by atoms with Crippen LogP contribution in [-0.4, -0.2) is 33.4 Å². The third-order valence-corrected chi connectivity index (χ3v) is 2.39. The van der Waals surface area contributed by atoms with Crippen LogP contribution in [0.25, 0.3) is 6.08 Å². The maximum atomic E-state index is 11.4. The van der Waals surface area contributed by atoms with Gasteiger partial charge in [-0.05, 0) is 30.2 Å². The molecule has 0 unspecified atom stereocenters. The third kappa shape index (κ3) is 6.47. The monoisotopic (exact) mass is 264 g/mol. The second kappa shape index (κ2) is 8.99. The first-order valence-electron chi connectivity index (χ1n) is 6.10. The summed E-state index contributed by atoms with van der Waals surface area (Å²) in [5.41, 5.74) is 0.957. The Morgan fingerprint density at radius 1 is 1.37 bits per heavy atom. The van der Waals surface area contributed by atoms with Crippen molar-refractivity contribution in [2.75, 3.05) is 27.4 Å². The Balaban J connectivity index is 2.30. The number of urea groups is 1. The highest BCUT2D eigenvalue weighted by Gasteiger charge is 1.95. The topological polar surface area (TPSA) is 59.6 Å². The normalized spacial score (nSPS) is 10.4. The van der Waals surface area contributed by atoms with Gasteiger partial charge in [-0.1, -0.05) is 12.1 Å². The molecule has 5 nitrogen and oxygen atoms in total. The van der Waals surface area contributed by atoms with Crippen LogP contribution in [0.2, 0.25) is 0 Å². The lowest BCUT2D eigenvalue weighted by molar-refractivity contribution is 0.193. The van der Waals surface area contributed by atoms with Crippen LogP contribution >= 0.6 is 0 Å². The zero-order valence-corrected chi connectivity index (χ0v) is 11.3. The fraction of sp³-hybridized carbons (Fsp3) is 0.357. The van der Waals surface area contributed by atoms with Crippen molar-refractivity contribution in [1.29, 1.82) is 0 Å². The number of carbonyl (C=O) groups excluding carboxylic acids is 1. The minimum atomic E-state index is -0.227. The van der Waals surface area contributed by atoms with E-state index in [1.165, 1.54) is 0 Å². The van der Waals surface area contributed by atoms with E-state index in [2.05, 4.69) is 10.6 Å². The van der Waals surface area contributed by atoms with E-state index in [1.807, 2.05) is 24.3 Å². The zero-order valence-electron chi connectivity index (χ0n) is 11.3. The molecule has 104 valence electrons. The van der Waals surface area contributed by atoms with Crippen LogP contribution in [0.15, 0.2) is 30.5 Å². The van der Waals surface area contributed by atoms with E-state index in [0.29, 0.717) is 13.2 Å². The average Bonchev–Trinajstić information content (AvgIpc) is 2.44. The van der Waals surface area contributed by atoms with Crippen molar-refractivity contribution in [3.63, 3.8) is 0 Å². The Morgan fingerprint density at radius 3 is 2.95 bits per heavy atom. The van der Waals surface area contributed by atoms with Gasteiger partial charge in [-0.15, -0.1) is 0 Å². The quantitative estimate of drug-likeness (QED) is 0.741. The molecule has 0 aliphatic carbocycles. The summed E-state index contributed by atoms with van der Waals surface area (Å²) in [5, 5.41) is 5.35. The summed E-state index contributed by atoms with van der Waals surface area (Å²) in [5.74, 6) is 0.783.